The predicted molar refractivity (Wildman–Crippen MR) is 126 cm³/mol. The van der Waals surface area contributed by atoms with Gasteiger partial charge in [-0.3, -0.25) is 0 Å². The summed E-state index contributed by atoms with van der Waals surface area (Å²) in [6.45, 7) is 0. The largest absolute Gasteiger partial charge is 0.381 e. The van der Waals surface area contributed by atoms with Crippen molar-refractivity contribution in [2.75, 3.05) is 10.6 Å². The molecule has 5 rings (SSSR count). The smallest absolute Gasteiger partial charge is 0.0622 e. The van der Waals surface area contributed by atoms with Gasteiger partial charge < -0.3 is 10.6 Å². The van der Waals surface area contributed by atoms with Crippen molar-refractivity contribution in [3.05, 3.63) is 132 Å². The summed E-state index contributed by atoms with van der Waals surface area (Å²) >= 11 is 0. The van der Waals surface area contributed by atoms with Gasteiger partial charge in [0.05, 0.1) is 6.04 Å². The van der Waals surface area contributed by atoms with E-state index in [2.05, 4.69) is 126 Å². The monoisotopic (exact) mass is 390 g/mol. The van der Waals surface area contributed by atoms with Gasteiger partial charge in [-0.2, -0.15) is 0 Å². The van der Waals surface area contributed by atoms with Gasteiger partial charge in [0, 0.05) is 23.3 Å². The van der Waals surface area contributed by atoms with Crippen molar-refractivity contribution in [2.45, 2.75) is 24.4 Å². The van der Waals surface area contributed by atoms with Crippen LogP contribution in [-0.2, 0) is 6.42 Å². The van der Waals surface area contributed by atoms with E-state index in [9.17, 15) is 0 Å². The molecular formula is C28H26N2. The lowest BCUT2D eigenvalue weighted by atomic mass is 9.76. The van der Waals surface area contributed by atoms with E-state index < -0.39 is 0 Å². The molecule has 0 bridgehead atoms. The van der Waals surface area contributed by atoms with Crippen LogP contribution in [0.1, 0.15) is 28.7 Å². The second-order valence-electron chi connectivity index (χ2n) is 7.95. The number of para-hydroxylation sites is 2. The number of hydrogen-bond donors (Lipinski definition) is 2. The summed E-state index contributed by atoms with van der Waals surface area (Å²) in [5, 5.41) is 7.73. The predicted octanol–water partition coefficient (Wildman–Crippen LogP) is 6.66. The van der Waals surface area contributed by atoms with Crippen LogP contribution in [0.15, 0.2) is 115 Å². The van der Waals surface area contributed by atoms with Gasteiger partial charge in [-0.15, -0.1) is 0 Å². The lowest BCUT2D eigenvalue weighted by Crippen LogP contribution is -2.40. The molecule has 0 saturated heterocycles. The maximum Gasteiger partial charge on any atom is 0.0622 e. The summed E-state index contributed by atoms with van der Waals surface area (Å²) in [4.78, 5) is 0. The van der Waals surface area contributed by atoms with E-state index in [4.69, 9.17) is 0 Å². The van der Waals surface area contributed by atoms with E-state index in [1.165, 1.54) is 22.4 Å². The van der Waals surface area contributed by atoms with E-state index >= 15 is 0 Å². The lowest BCUT2D eigenvalue weighted by molar-refractivity contribution is 0.479. The Morgan fingerprint density at radius 2 is 1.23 bits per heavy atom. The van der Waals surface area contributed by atoms with Gasteiger partial charge >= 0.3 is 0 Å². The summed E-state index contributed by atoms with van der Waals surface area (Å²) in [6.07, 6.45) is 0.974. The fraction of sp³-hybridized carbons (Fsp3) is 0.143. The minimum Gasteiger partial charge on any atom is -0.381 e. The van der Waals surface area contributed by atoms with Crippen molar-refractivity contribution in [1.29, 1.82) is 0 Å². The minimum atomic E-state index is 0.181. The molecule has 0 unspecified atom stereocenters. The normalized spacial score (nSPS) is 20.1. The van der Waals surface area contributed by atoms with E-state index in [0.717, 1.165) is 12.1 Å². The molecule has 1 heterocycles. The van der Waals surface area contributed by atoms with Crippen LogP contribution in [0.3, 0.4) is 0 Å². The molecular weight excluding hydrogens is 364 g/mol. The number of anilines is 2. The third-order valence-corrected chi connectivity index (χ3v) is 6.01. The zero-order valence-electron chi connectivity index (χ0n) is 16.9. The zero-order chi connectivity index (χ0) is 20.2. The molecule has 4 aromatic rings. The van der Waals surface area contributed by atoms with E-state index in [1.54, 1.807) is 0 Å². The Morgan fingerprint density at radius 1 is 0.633 bits per heavy atom. The third kappa shape index (κ3) is 3.81. The van der Waals surface area contributed by atoms with Gasteiger partial charge in [-0.1, -0.05) is 97.1 Å². The molecule has 0 radical (unpaired) electrons. The molecule has 2 nitrogen and oxygen atoms in total. The molecule has 4 aromatic carbocycles. The number of benzene rings is 4. The first-order valence-electron chi connectivity index (χ1n) is 10.6. The number of rotatable bonds is 5. The lowest BCUT2D eigenvalue weighted by Gasteiger charge is -2.42. The van der Waals surface area contributed by atoms with Crippen LogP contribution >= 0.6 is 0 Å². The number of hydrogen-bond acceptors (Lipinski definition) is 2. The summed E-state index contributed by atoms with van der Waals surface area (Å²) in [5.41, 5.74) is 6.40. The highest BCUT2D eigenvalue weighted by molar-refractivity contribution is 5.61. The second-order valence-corrected chi connectivity index (χ2v) is 7.95. The molecule has 1 aliphatic heterocycles. The first-order valence-corrected chi connectivity index (χ1v) is 10.6. The standard InChI is InChI=1S/C28H26N2/c1-4-12-21(13-5-1)20-26-27(22-14-6-2-7-15-22)28(29-23-16-8-3-9-17-23)24-18-10-11-19-25(24)30-26/h1-19,26-30H,20H2/t26-,27-,28-/m0/s1. The summed E-state index contributed by atoms with van der Waals surface area (Å²) < 4.78 is 0. The van der Waals surface area contributed by atoms with E-state index in [-0.39, 0.29) is 12.1 Å². The summed E-state index contributed by atoms with van der Waals surface area (Å²) in [7, 11) is 0. The van der Waals surface area contributed by atoms with Crippen LogP contribution in [0.2, 0.25) is 0 Å². The van der Waals surface area contributed by atoms with Crippen molar-refractivity contribution in [1.82, 2.24) is 0 Å². The fourth-order valence-electron chi connectivity index (χ4n) is 4.64. The number of fused-ring (bicyclic) bond motifs is 1. The molecule has 30 heavy (non-hydrogen) atoms. The zero-order valence-corrected chi connectivity index (χ0v) is 16.9. The Bertz CT molecular complexity index is 1080. The van der Waals surface area contributed by atoms with Crippen molar-refractivity contribution in [2.24, 2.45) is 0 Å². The van der Waals surface area contributed by atoms with E-state index in [1.807, 2.05) is 0 Å². The van der Waals surface area contributed by atoms with Crippen LogP contribution in [0.25, 0.3) is 0 Å². The quantitative estimate of drug-likeness (QED) is 0.398. The maximum absolute atomic E-state index is 3.87. The van der Waals surface area contributed by atoms with Crippen molar-refractivity contribution in [3.63, 3.8) is 0 Å². The average Bonchev–Trinajstić information content (AvgIpc) is 2.81. The summed E-state index contributed by atoms with van der Waals surface area (Å²) in [5.74, 6) is 0.293. The molecule has 1 aliphatic rings. The highest BCUT2D eigenvalue weighted by Crippen LogP contribution is 2.45. The Balaban J connectivity index is 1.60. The molecule has 3 atom stereocenters. The van der Waals surface area contributed by atoms with Gasteiger partial charge in [0.25, 0.3) is 0 Å². The second kappa shape index (κ2) is 8.46. The fourth-order valence-corrected chi connectivity index (χ4v) is 4.64. The van der Waals surface area contributed by atoms with Crippen LogP contribution in [0.4, 0.5) is 11.4 Å². The Kier molecular flexibility index (Phi) is 5.22. The molecule has 0 aliphatic carbocycles. The highest BCUT2D eigenvalue weighted by Gasteiger charge is 2.37. The van der Waals surface area contributed by atoms with Gasteiger partial charge in [0.15, 0.2) is 0 Å². The first-order chi connectivity index (χ1) is 14.9. The van der Waals surface area contributed by atoms with Gasteiger partial charge in [-0.05, 0) is 41.3 Å². The summed E-state index contributed by atoms with van der Waals surface area (Å²) in [6, 6.07) is 41.4. The van der Waals surface area contributed by atoms with Crippen LogP contribution in [0.5, 0.6) is 0 Å². The number of nitrogens with one attached hydrogen (secondary N) is 2. The SMILES string of the molecule is c1ccc(C[C@@H]2Nc3ccccc3[C@H](Nc3ccccc3)[C@H]2c2ccccc2)cc1. The van der Waals surface area contributed by atoms with Gasteiger partial charge in [0.2, 0.25) is 0 Å². The van der Waals surface area contributed by atoms with Gasteiger partial charge in [-0.25, -0.2) is 0 Å². The molecule has 148 valence electrons. The Morgan fingerprint density at radius 3 is 1.97 bits per heavy atom. The van der Waals surface area contributed by atoms with Crippen molar-refractivity contribution >= 4 is 11.4 Å². The molecule has 0 amide bonds. The molecule has 0 fully saturated rings. The topological polar surface area (TPSA) is 24.1 Å². The molecule has 0 aromatic heterocycles. The van der Waals surface area contributed by atoms with Gasteiger partial charge in [0.1, 0.15) is 0 Å². The Labute approximate surface area is 178 Å². The first kappa shape index (κ1) is 18.5. The molecule has 0 spiro atoms. The minimum absolute atomic E-state index is 0.181. The van der Waals surface area contributed by atoms with E-state index in [0.29, 0.717) is 5.92 Å². The molecule has 2 heteroatoms. The maximum atomic E-state index is 3.87. The highest BCUT2D eigenvalue weighted by atomic mass is 15.0. The van der Waals surface area contributed by atoms with Crippen LogP contribution in [0, 0.1) is 0 Å². The molecule has 0 saturated carbocycles. The molecule has 2 N–H and O–H groups in total. The Hall–Kier alpha value is -3.52. The van der Waals surface area contributed by atoms with Crippen LogP contribution in [-0.4, -0.2) is 6.04 Å². The van der Waals surface area contributed by atoms with Crippen molar-refractivity contribution in [3.8, 4) is 0 Å². The van der Waals surface area contributed by atoms with Crippen LogP contribution < -0.4 is 10.6 Å². The average molecular weight is 391 g/mol. The third-order valence-electron chi connectivity index (χ3n) is 6.01. The van der Waals surface area contributed by atoms with Crippen molar-refractivity contribution < 1.29 is 0 Å².